The van der Waals surface area contributed by atoms with Crippen molar-refractivity contribution in [3.05, 3.63) is 29.8 Å². The van der Waals surface area contributed by atoms with Gasteiger partial charge in [-0.2, -0.15) is 0 Å². The van der Waals surface area contributed by atoms with Crippen LogP contribution >= 0.6 is 0 Å². The molecule has 0 saturated carbocycles. The summed E-state index contributed by atoms with van der Waals surface area (Å²) in [5, 5.41) is 10.3. The summed E-state index contributed by atoms with van der Waals surface area (Å²) in [7, 11) is 0. The number of carbonyl (C=O) groups excluding carboxylic acids is 1. The van der Waals surface area contributed by atoms with Crippen LogP contribution in [-0.4, -0.2) is 35.6 Å². The number of ether oxygens (including phenoxy) is 1. The SMILES string of the molecule is CCCC1CC(=O)N(CC(O)c2ccc(OCC)cc2)C1. The normalized spacial score (nSPS) is 19.9. The van der Waals surface area contributed by atoms with E-state index in [2.05, 4.69) is 6.92 Å². The van der Waals surface area contributed by atoms with Crippen LogP contribution in [0.3, 0.4) is 0 Å². The predicted molar refractivity (Wildman–Crippen MR) is 82.2 cm³/mol. The van der Waals surface area contributed by atoms with Gasteiger partial charge in [0.15, 0.2) is 0 Å². The second kappa shape index (κ2) is 7.46. The smallest absolute Gasteiger partial charge is 0.223 e. The number of carbonyl (C=O) groups is 1. The predicted octanol–water partition coefficient (Wildman–Crippen LogP) is 2.77. The standard InChI is InChI=1S/C17H25NO3/c1-3-5-13-10-17(20)18(11-13)12-16(19)14-6-8-15(9-7-14)21-4-2/h6-9,13,16,19H,3-5,10-12H2,1-2H3. The first kappa shape index (κ1) is 15.8. The quantitative estimate of drug-likeness (QED) is 0.840. The Bertz CT molecular complexity index is 458. The van der Waals surface area contributed by atoms with E-state index < -0.39 is 6.10 Å². The van der Waals surface area contributed by atoms with Crippen LogP contribution < -0.4 is 4.74 Å². The van der Waals surface area contributed by atoms with Gasteiger partial charge in [-0.15, -0.1) is 0 Å². The van der Waals surface area contributed by atoms with Crippen LogP contribution in [0.5, 0.6) is 5.75 Å². The van der Waals surface area contributed by atoms with Crippen molar-refractivity contribution in [1.29, 1.82) is 0 Å². The summed E-state index contributed by atoms with van der Waals surface area (Å²) < 4.78 is 5.39. The Kier molecular flexibility index (Phi) is 5.62. The fraction of sp³-hybridized carbons (Fsp3) is 0.588. The third kappa shape index (κ3) is 4.21. The Balaban J connectivity index is 1.91. The fourth-order valence-corrected chi connectivity index (χ4v) is 2.90. The van der Waals surface area contributed by atoms with Crippen LogP contribution in [-0.2, 0) is 4.79 Å². The molecule has 0 aliphatic carbocycles. The van der Waals surface area contributed by atoms with Crippen molar-refractivity contribution in [1.82, 2.24) is 4.90 Å². The Morgan fingerprint density at radius 1 is 1.33 bits per heavy atom. The van der Waals surface area contributed by atoms with Gasteiger partial charge >= 0.3 is 0 Å². The molecule has 0 bridgehead atoms. The molecule has 1 aliphatic heterocycles. The number of nitrogens with zero attached hydrogens (tertiary/aromatic N) is 1. The van der Waals surface area contributed by atoms with Gasteiger partial charge in [0.05, 0.1) is 19.3 Å². The summed E-state index contributed by atoms with van der Waals surface area (Å²) in [6, 6.07) is 7.43. The maximum atomic E-state index is 12.0. The molecule has 1 saturated heterocycles. The number of rotatable bonds is 7. The molecule has 4 nitrogen and oxygen atoms in total. The van der Waals surface area contributed by atoms with E-state index in [0.29, 0.717) is 25.5 Å². The molecule has 2 unspecified atom stereocenters. The van der Waals surface area contributed by atoms with Gasteiger partial charge in [0, 0.05) is 13.0 Å². The highest BCUT2D eigenvalue weighted by molar-refractivity contribution is 5.78. The summed E-state index contributed by atoms with van der Waals surface area (Å²) in [5.74, 6) is 1.42. The highest BCUT2D eigenvalue weighted by Crippen LogP contribution is 2.25. The minimum atomic E-state index is -0.634. The Labute approximate surface area is 126 Å². The van der Waals surface area contributed by atoms with E-state index in [4.69, 9.17) is 4.74 Å². The zero-order chi connectivity index (χ0) is 15.2. The average molecular weight is 291 g/mol. The van der Waals surface area contributed by atoms with Crippen molar-refractivity contribution in [2.24, 2.45) is 5.92 Å². The second-order valence-electron chi connectivity index (χ2n) is 5.68. The van der Waals surface area contributed by atoms with Crippen LogP contribution in [0, 0.1) is 5.92 Å². The maximum absolute atomic E-state index is 12.0. The molecule has 1 fully saturated rings. The number of amides is 1. The van der Waals surface area contributed by atoms with Crippen molar-refractivity contribution in [3.8, 4) is 5.75 Å². The van der Waals surface area contributed by atoms with Crippen LogP contribution in [0.25, 0.3) is 0 Å². The molecule has 1 heterocycles. The molecule has 1 N–H and O–H groups in total. The molecule has 2 rings (SSSR count). The van der Waals surface area contributed by atoms with E-state index in [1.54, 1.807) is 4.90 Å². The van der Waals surface area contributed by atoms with E-state index in [1.165, 1.54) is 0 Å². The first-order chi connectivity index (χ1) is 10.1. The molecule has 1 aromatic carbocycles. The van der Waals surface area contributed by atoms with Crippen molar-refractivity contribution in [2.45, 2.75) is 39.2 Å². The lowest BCUT2D eigenvalue weighted by Crippen LogP contribution is -2.30. The van der Waals surface area contributed by atoms with Crippen LogP contribution in [0.4, 0.5) is 0 Å². The molecule has 116 valence electrons. The van der Waals surface area contributed by atoms with Crippen LogP contribution in [0.15, 0.2) is 24.3 Å². The summed E-state index contributed by atoms with van der Waals surface area (Å²) in [6.45, 7) is 5.87. The first-order valence-electron chi connectivity index (χ1n) is 7.82. The summed E-state index contributed by atoms with van der Waals surface area (Å²) in [4.78, 5) is 13.8. The van der Waals surface area contributed by atoms with Gasteiger partial charge in [0.1, 0.15) is 5.75 Å². The zero-order valence-electron chi connectivity index (χ0n) is 12.9. The number of aliphatic hydroxyl groups is 1. The van der Waals surface area contributed by atoms with Gasteiger partial charge in [0.25, 0.3) is 0 Å². The number of β-amino-alcohol motifs (C(OH)–C–C–N with tert-alkyl or cyclic N) is 1. The molecule has 0 spiro atoms. The molecule has 0 aromatic heterocycles. The maximum Gasteiger partial charge on any atom is 0.223 e. The lowest BCUT2D eigenvalue weighted by atomic mass is 10.0. The molecular formula is C17H25NO3. The van der Waals surface area contributed by atoms with Crippen molar-refractivity contribution >= 4 is 5.91 Å². The molecule has 4 heteroatoms. The van der Waals surface area contributed by atoms with Crippen molar-refractivity contribution in [3.63, 3.8) is 0 Å². The van der Waals surface area contributed by atoms with Crippen molar-refractivity contribution < 1.29 is 14.6 Å². The van der Waals surface area contributed by atoms with Gasteiger partial charge in [-0.1, -0.05) is 25.5 Å². The van der Waals surface area contributed by atoms with Gasteiger partial charge in [-0.3, -0.25) is 4.79 Å². The third-order valence-corrected chi connectivity index (χ3v) is 3.96. The molecule has 21 heavy (non-hydrogen) atoms. The molecule has 1 amide bonds. The molecule has 2 atom stereocenters. The number of hydrogen-bond acceptors (Lipinski definition) is 3. The molecular weight excluding hydrogens is 266 g/mol. The summed E-state index contributed by atoms with van der Waals surface area (Å²) in [6.07, 6.45) is 2.18. The monoisotopic (exact) mass is 291 g/mol. The first-order valence-corrected chi connectivity index (χ1v) is 7.82. The zero-order valence-corrected chi connectivity index (χ0v) is 12.9. The number of benzene rings is 1. The highest BCUT2D eigenvalue weighted by Gasteiger charge is 2.30. The largest absolute Gasteiger partial charge is 0.494 e. The highest BCUT2D eigenvalue weighted by atomic mass is 16.5. The molecule has 1 aromatic rings. The summed E-state index contributed by atoms with van der Waals surface area (Å²) >= 11 is 0. The van der Waals surface area contributed by atoms with E-state index in [1.807, 2.05) is 31.2 Å². The van der Waals surface area contributed by atoms with Gasteiger partial charge < -0.3 is 14.7 Å². The van der Waals surface area contributed by atoms with Crippen LogP contribution in [0.2, 0.25) is 0 Å². The van der Waals surface area contributed by atoms with E-state index in [9.17, 15) is 9.90 Å². The molecule has 1 aliphatic rings. The second-order valence-corrected chi connectivity index (χ2v) is 5.68. The van der Waals surface area contributed by atoms with Gasteiger partial charge in [-0.25, -0.2) is 0 Å². The lowest BCUT2D eigenvalue weighted by molar-refractivity contribution is -0.129. The van der Waals surface area contributed by atoms with Gasteiger partial charge in [0.2, 0.25) is 5.91 Å². The average Bonchev–Trinajstić information content (AvgIpc) is 2.80. The minimum absolute atomic E-state index is 0.165. The number of likely N-dealkylation sites (tertiary alicyclic amines) is 1. The summed E-state index contributed by atoms with van der Waals surface area (Å²) in [5.41, 5.74) is 0.824. The Morgan fingerprint density at radius 2 is 2.05 bits per heavy atom. The third-order valence-electron chi connectivity index (χ3n) is 3.96. The van der Waals surface area contributed by atoms with Crippen LogP contribution in [0.1, 0.15) is 44.8 Å². The number of aliphatic hydroxyl groups excluding tert-OH is 1. The van der Waals surface area contributed by atoms with E-state index >= 15 is 0 Å². The fourth-order valence-electron chi connectivity index (χ4n) is 2.90. The van der Waals surface area contributed by atoms with E-state index in [-0.39, 0.29) is 5.91 Å². The molecule has 0 radical (unpaired) electrons. The Hall–Kier alpha value is -1.55. The topological polar surface area (TPSA) is 49.8 Å². The lowest BCUT2D eigenvalue weighted by Gasteiger charge is -2.21. The Morgan fingerprint density at radius 3 is 2.67 bits per heavy atom. The van der Waals surface area contributed by atoms with E-state index in [0.717, 1.165) is 30.7 Å². The minimum Gasteiger partial charge on any atom is -0.494 e. The number of hydrogen-bond donors (Lipinski definition) is 1. The van der Waals surface area contributed by atoms with Crippen molar-refractivity contribution in [2.75, 3.05) is 19.7 Å². The van der Waals surface area contributed by atoms with Gasteiger partial charge in [-0.05, 0) is 37.0 Å².